The van der Waals surface area contributed by atoms with Crippen LogP contribution < -0.4 is 5.32 Å². The number of nitrogens with one attached hydrogen (secondary N) is 1. The third kappa shape index (κ3) is 4.06. The summed E-state index contributed by atoms with van der Waals surface area (Å²) in [5, 5.41) is 3.39. The second-order valence-electron chi connectivity index (χ2n) is 8.57. The Morgan fingerprint density at radius 2 is 1.96 bits per heavy atom. The van der Waals surface area contributed by atoms with E-state index in [-0.39, 0.29) is 40.3 Å². The molecule has 6 heteroatoms. The van der Waals surface area contributed by atoms with Crippen LogP contribution in [0, 0.1) is 5.41 Å². The molecule has 1 N–H and O–H groups in total. The first-order valence-electron chi connectivity index (χ1n) is 8.50. The molecule has 2 rings (SSSR count). The Bertz CT molecular complexity index is 584. The lowest BCUT2D eigenvalue weighted by Crippen LogP contribution is -2.72. The summed E-state index contributed by atoms with van der Waals surface area (Å²) in [5.74, 6) is 2.51. The Morgan fingerprint density at radius 3 is 2.38 bits per heavy atom. The van der Waals surface area contributed by atoms with Crippen molar-refractivity contribution in [3.05, 3.63) is 17.8 Å². The van der Waals surface area contributed by atoms with Crippen LogP contribution in [0.4, 0.5) is 0 Å². The van der Waals surface area contributed by atoms with E-state index in [0.29, 0.717) is 12.4 Å². The van der Waals surface area contributed by atoms with E-state index in [4.69, 9.17) is 9.41 Å². The number of rotatable bonds is 3. The van der Waals surface area contributed by atoms with E-state index in [1.54, 1.807) is 0 Å². The van der Waals surface area contributed by atoms with Gasteiger partial charge in [-0.1, -0.05) is 34.6 Å². The fourth-order valence-electron chi connectivity index (χ4n) is 2.67. The van der Waals surface area contributed by atoms with Gasteiger partial charge in [-0.3, -0.25) is 0 Å². The monoisotopic (exact) mass is 448 g/mol. The lowest BCUT2D eigenvalue weighted by atomic mass is 9.65. The number of aliphatic imine (C=N–C) groups is 1. The highest BCUT2D eigenvalue weighted by molar-refractivity contribution is 14.0. The first kappa shape index (κ1) is 21.3. The number of likely N-dealkylation sites (tertiary alicyclic amines) is 1. The molecule has 24 heavy (non-hydrogen) atoms. The highest BCUT2D eigenvalue weighted by Crippen LogP contribution is 2.46. The van der Waals surface area contributed by atoms with Gasteiger partial charge in [-0.2, -0.15) is 0 Å². The highest BCUT2D eigenvalue weighted by Gasteiger charge is 2.53. The molecule has 0 spiro atoms. The normalized spacial score (nSPS) is 19.5. The molecule has 1 saturated heterocycles. The van der Waals surface area contributed by atoms with Gasteiger partial charge in [-0.25, -0.2) is 9.98 Å². The molecule has 0 saturated carbocycles. The third-order valence-corrected chi connectivity index (χ3v) is 5.13. The number of aromatic nitrogens is 1. The Hall–Kier alpha value is -0.790. The Kier molecular flexibility index (Phi) is 6.39. The summed E-state index contributed by atoms with van der Waals surface area (Å²) in [7, 11) is 0. The minimum absolute atomic E-state index is 0. The Morgan fingerprint density at radius 1 is 1.33 bits per heavy atom. The predicted octanol–water partition coefficient (Wildman–Crippen LogP) is 4.18. The van der Waals surface area contributed by atoms with Gasteiger partial charge in [0, 0.05) is 29.5 Å². The number of nitrogens with zero attached hydrogens (tertiary/aromatic N) is 3. The molecule has 1 aliphatic rings. The lowest BCUT2D eigenvalue weighted by Gasteiger charge is -2.62. The molecule has 2 heterocycles. The minimum Gasteiger partial charge on any atom is -0.443 e. The minimum atomic E-state index is -0.0249. The number of hydrogen-bond donors (Lipinski definition) is 1. The van der Waals surface area contributed by atoms with Gasteiger partial charge in [-0.05, 0) is 20.8 Å². The summed E-state index contributed by atoms with van der Waals surface area (Å²) in [6.45, 7) is 19.9. The average molecular weight is 448 g/mol. The fourth-order valence-corrected chi connectivity index (χ4v) is 2.67. The van der Waals surface area contributed by atoms with Crippen LogP contribution in [-0.2, 0) is 12.0 Å². The van der Waals surface area contributed by atoms with Crippen LogP contribution >= 0.6 is 24.0 Å². The van der Waals surface area contributed by atoms with Crippen LogP contribution in [0.15, 0.2) is 15.6 Å². The first-order chi connectivity index (χ1) is 10.5. The van der Waals surface area contributed by atoms with Crippen molar-refractivity contribution < 1.29 is 4.42 Å². The lowest BCUT2D eigenvalue weighted by molar-refractivity contribution is -0.0668. The van der Waals surface area contributed by atoms with E-state index in [1.807, 2.05) is 6.20 Å². The van der Waals surface area contributed by atoms with Crippen molar-refractivity contribution in [3.63, 3.8) is 0 Å². The summed E-state index contributed by atoms with van der Waals surface area (Å²) in [4.78, 5) is 11.4. The van der Waals surface area contributed by atoms with E-state index >= 15 is 0 Å². The molecule has 1 fully saturated rings. The number of oxazole rings is 1. The molecule has 1 aliphatic heterocycles. The second kappa shape index (κ2) is 7.22. The van der Waals surface area contributed by atoms with Crippen LogP contribution in [0.1, 0.15) is 67.0 Å². The topological polar surface area (TPSA) is 53.7 Å². The quantitative estimate of drug-likeness (QED) is 0.428. The number of hydrogen-bond acceptors (Lipinski definition) is 3. The van der Waals surface area contributed by atoms with Crippen molar-refractivity contribution in [3.8, 4) is 0 Å². The maximum absolute atomic E-state index is 5.84. The molecule has 0 amide bonds. The van der Waals surface area contributed by atoms with Crippen LogP contribution in [-0.4, -0.2) is 34.5 Å². The standard InChI is InChI=1S/C18H32N4O.HI/c1-9-19-15(22-12-17(5,6)18(22,7)8)21-11-14-20-10-13(23-14)16(2,3)4;/h10H,9,11-12H2,1-8H3,(H,19,21);1H. The molecule has 0 aromatic carbocycles. The van der Waals surface area contributed by atoms with Gasteiger partial charge < -0.3 is 14.6 Å². The molecule has 5 nitrogen and oxygen atoms in total. The van der Waals surface area contributed by atoms with Crippen molar-refractivity contribution in [1.29, 1.82) is 0 Å². The van der Waals surface area contributed by atoms with Gasteiger partial charge in [0.1, 0.15) is 12.3 Å². The zero-order chi connectivity index (χ0) is 17.5. The number of halogens is 1. The molecule has 0 radical (unpaired) electrons. The van der Waals surface area contributed by atoms with E-state index in [1.165, 1.54) is 0 Å². The van der Waals surface area contributed by atoms with Gasteiger partial charge in [0.25, 0.3) is 0 Å². The van der Waals surface area contributed by atoms with Crippen LogP contribution in [0.25, 0.3) is 0 Å². The summed E-state index contributed by atoms with van der Waals surface area (Å²) >= 11 is 0. The number of guanidine groups is 1. The Labute approximate surface area is 163 Å². The van der Waals surface area contributed by atoms with E-state index < -0.39 is 0 Å². The summed E-state index contributed by atoms with van der Waals surface area (Å²) in [6.07, 6.45) is 1.81. The van der Waals surface area contributed by atoms with Crippen LogP contribution in [0.3, 0.4) is 0 Å². The molecular weight excluding hydrogens is 415 g/mol. The maximum Gasteiger partial charge on any atom is 0.216 e. The SMILES string of the molecule is CCNC(=NCc1ncc(C(C)(C)C)o1)N1CC(C)(C)C1(C)C.I. The van der Waals surface area contributed by atoms with Crippen molar-refractivity contribution in [2.45, 2.75) is 72.9 Å². The highest BCUT2D eigenvalue weighted by atomic mass is 127. The van der Waals surface area contributed by atoms with Gasteiger partial charge in [0.2, 0.25) is 5.89 Å². The van der Waals surface area contributed by atoms with Crippen molar-refractivity contribution in [2.24, 2.45) is 10.4 Å². The summed E-state index contributed by atoms with van der Waals surface area (Å²) in [6, 6.07) is 0. The van der Waals surface area contributed by atoms with Crippen LogP contribution in [0.5, 0.6) is 0 Å². The third-order valence-electron chi connectivity index (χ3n) is 5.13. The molecule has 0 bridgehead atoms. The molecule has 1 aromatic rings. The zero-order valence-corrected chi connectivity index (χ0v) is 18.7. The van der Waals surface area contributed by atoms with Crippen molar-refractivity contribution >= 4 is 29.9 Å². The van der Waals surface area contributed by atoms with Crippen LogP contribution in [0.2, 0.25) is 0 Å². The molecule has 0 atom stereocenters. The van der Waals surface area contributed by atoms with E-state index in [2.05, 4.69) is 70.6 Å². The van der Waals surface area contributed by atoms with Gasteiger partial charge >= 0.3 is 0 Å². The average Bonchev–Trinajstić information content (AvgIpc) is 2.90. The molecule has 1 aromatic heterocycles. The smallest absolute Gasteiger partial charge is 0.216 e. The summed E-state index contributed by atoms with van der Waals surface area (Å²) in [5.41, 5.74) is 0.343. The van der Waals surface area contributed by atoms with Gasteiger partial charge in [0.05, 0.1) is 6.20 Å². The molecule has 138 valence electrons. The fraction of sp³-hybridized carbons (Fsp3) is 0.778. The molecule has 0 aliphatic carbocycles. The zero-order valence-electron chi connectivity index (χ0n) is 16.4. The summed E-state index contributed by atoms with van der Waals surface area (Å²) < 4.78 is 5.84. The van der Waals surface area contributed by atoms with Gasteiger partial charge in [-0.15, -0.1) is 24.0 Å². The van der Waals surface area contributed by atoms with Gasteiger partial charge in [0.15, 0.2) is 5.96 Å². The Balaban J connectivity index is 0.00000288. The maximum atomic E-state index is 5.84. The van der Waals surface area contributed by atoms with Crippen molar-refractivity contribution in [2.75, 3.05) is 13.1 Å². The largest absolute Gasteiger partial charge is 0.443 e. The van der Waals surface area contributed by atoms with E-state index in [0.717, 1.165) is 24.8 Å². The van der Waals surface area contributed by atoms with E-state index in [9.17, 15) is 0 Å². The first-order valence-corrected chi connectivity index (χ1v) is 8.50. The molecular formula is C18H33IN4O. The predicted molar refractivity (Wildman–Crippen MR) is 110 cm³/mol. The second-order valence-corrected chi connectivity index (χ2v) is 8.57. The van der Waals surface area contributed by atoms with Crippen molar-refractivity contribution in [1.82, 2.24) is 15.2 Å². The molecule has 0 unspecified atom stereocenters.